The number of amides is 4. The van der Waals surface area contributed by atoms with Gasteiger partial charge in [-0.1, -0.05) is 69.3 Å². The van der Waals surface area contributed by atoms with E-state index < -0.39 is 35.4 Å². The predicted octanol–water partition coefficient (Wildman–Crippen LogP) is 7.62. The molecular formula is C63H85N9O8S. The number of nitrogens with one attached hydrogen (secondary N) is 4. The Balaban J connectivity index is 0.775. The van der Waals surface area contributed by atoms with Crippen molar-refractivity contribution in [3.63, 3.8) is 0 Å². The van der Waals surface area contributed by atoms with Gasteiger partial charge in [0, 0.05) is 107 Å². The van der Waals surface area contributed by atoms with Gasteiger partial charge in [0.15, 0.2) is 0 Å². The van der Waals surface area contributed by atoms with Crippen LogP contribution in [0, 0.1) is 33.1 Å². The van der Waals surface area contributed by atoms with Crippen molar-refractivity contribution in [3.8, 4) is 21.6 Å². The van der Waals surface area contributed by atoms with Crippen molar-refractivity contribution in [1.82, 2.24) is 40.6 Å². The average molecular weight is 1130 g/mol. The molecular weight excluding hydrogens is 1040 g/mol. The lowest BCUT2D eigenvalue weighted by Crippen LogP contribution is -2.58. The Kier molecular flexibility index (Phi) is 20.8. The Labute approximate surface area is 482 Å². The standard InChI is InChI=1S/C63H85N9O8S/c1-10-71(50-21-29-79-30-22-50)54-33-49(32-52(42(54)4)59(75)64-35-53-40(2)31-41(3)66-60(53)76)47-15-13-45(14-16-47)36-70-26-24-69(25-27-70)23-11-12-28-80-38-56(74)68-58(63(7,8)9)62(78)72-37-51(73)34-55(72)61(77)67-43(5)46-17-19-48(20-18-46)57-44(6)65-39-81-57/h13-20,31-33,39,43,50-51,55,58,73H,10-12,21-30,34-38H2,1-9H3,(H,64,75)(H,66,76)(H,67,77)(H,68,74)/t43-,51+,55-,58+/m0/s1. The van der Waals surface area contributed by atoms with Crippen LogP contribution in [0.4, 0.5) is 5.69 Å². The third-order valence-electron chi connectivity index (χ3n) is 16.3. The second kappa shape index (κ2) is 27.7. The Hall–Kier alpha value is -6.28. The first-order valence-corrected chi connectivity index (χ1v) is 29.8. The molecule has 5 N–H and O–H groups in total. The molecule has 8 rings (SSSR count). The number of nitrogens with zero attached hydrogens (tertiary/aromatic N) is 5. The minimum Gasteiger partial charge on any atom is -0.391 e. The van der Waals surface area contributed by atoms with Gasteiger partial charge in [0.25, 0.3) is 11.5 Å². The fourth-order valence-corrected chi connectivity index (χ4v) is 12.4. The van der Waals surface area contributed by atoms with E-state index in [2.05, 4.69) is 77.9 Å². The molecule has 3 fully saturated rings. The van der Waals surface area contributed by atoms with E-state index in [1.54, 1.807) is 11.3 Å². The molecule has 436 valence electrons. The highest BCUT2D eigenvalue weighted by Crippen LogP contribution is 2.35. The van der Waals surface area contributed by atoms with Gasteiger partial charge in [0.1, 0.15) is 18.7 Å². The van der Waals surface area contributed by atoms with Crippen LogP contribution in [0.15, 0.2) is 77.0 Å². The number of thiazole rings is 1. The quantitative estimate of drug-likeness (QED) is 0.0426. The van der Waals surface area contributed by atoms with Crippen molar-refractivity contribution in [2.75, 3.05) is 77.1 Å². The largest absolute Gasteiger partial charge is 0.391 e. The minimum absolute atomic E-state index is 0.00313. The van der Waals surface area contributed by atoms with Crippen molar-refractivity contribution in [3.05, 3.63) is 127 Å². The molecule has 5 aromatic rings. The monoisotopic (exact) mass is 1130 g/mol. The SMILES string of the molecule is CCN(c1cc(-c2ccc(CN3CCN(CCCCOCC(=O)N[C@H](C(=O)N4C[C@H](O)C[C@H]4C(=O)N[C@@H](C)c4ccc(-c5scnc5C)cc4)C(C)(C)C)CC3)cc2)cc(C(=O)NCc2c(C)cc(C)[nH]c2=O)c1C)C1CCOCC1. The number of ether oxygens (including phenoxy) is 2. The van der Waals surface area contributed by atoms with Gasteiger partial charge >= 0.3 is 0 Å². The number of carbonyl (C=O) groups is 4. The van der Waals surface area contributed by atoms with Crippen molar-refractivity contribution < 1.29 is 33.8 Å². The van der Waals surface area contributed by atoms with Crippen LogP contribution < -0.4 is 26.4 Å². The highest BCUT2D eigenvalue weighted by Gasteiger charge is 2.45. The summed E-state index contributed by atoms with van der Waals surface area (Å²) in [5, 5.41) is 19.7. The summed E-state index contributed by atoms with van der Waals surface area (Å²) in [7, 11) is 0. The number of hydrogen-bond donors (Lipinski definition) is 5. The van der Waals surface area contributed by atoms with E-state index in [9.17, 15) is 29.1 Å². The van der Waals surface area contributed by atoms with E-state index in [-0.39, 0.29) is 49.5 Å². The van der Waals surface area contributed by atoms with Gasteiger partial charge in [-0.25, -0.2) is 4.98 Å². The van der Waals surface area contributed by atoms with Crippen LogP contribution in [-0.4, -0.2) is 150 Å². The maximum atomic E-state index is 14.2. The van der Waals surface area contributed by atoms with E-state index >= 15 is 0 Å². The van der Waals surface area contributed by atoms with Gasteiger partial charge in [-0.05, 0) is 136 Å². The Bertz CT molecular complexity index is 3010. The molecule has 3 saturated heterocycles. The number of rotatable bonds is 22. The number of aromatic amines is 1. The van der Waals surface area contributed by atoms with Gasteiger partial charge in [-0.2, -0.15) is 0 Å². The number of H-pyrrole nitrogens is 1. The number of aromatic nitrogens is 2. The van der Waals surface area contributed by atoms with E-state index in [0.717, 1.165) is 127 Å². The summed E-state index contributed by atoms with van der Waals surface area (Å²) in [6.45, 7) is 25.6. The van der Waals surface area contributed by atoms with E-state index in [1.807, 2.05) is 97.3 Å². The molecule has 81 heavy (non-hydrogen) atoms. The fraction of sp³-hybridized carbons (Fsp3) is 0.524. The minimum atomic E-state index is -0.940. The summed E-state index contributed by atoms with van der Waals surface area (Å²) >= 11 is 1.58. The van der Waals surface area contributed by atoms with Crippen molar-refractivity contribution in [1.29, 1.82) is 0 Å². The van der Waals surface area contributed by atoms with Crippen LogP contribution in [-0.2, 0) is 36.9 Å². The average Bonchev–Trinajstić information content (AvgIpc) is 4.07. The lowest BCUT2D eigenvalue weighted by Gasteiger charge is -2.37. The molecule has 17 nitrogen and oxygen atoms in total. The molecule has 0 radical (unpaired) electrons. The Morgan fingerprint density at radius 2 is 1.59 bits per heavy atom. The maximum absolute atomic E-state index is 14.2. The van der Waals surface area contributed by atoms with Crippen molar-refractivity contribution in [2.45, 2.75) is 138 Å². The number of benzene rings is 3. The Morgan fingerprint density at radius 1 is 0.901 bits per heavy atom. The number of aliphatic hydroxyl groups is 1. The van der Waals surface area contributed by atoms with Crippen LogP contribution in [0.3, 0.4) is 0 Å². The van der Waals surface area contributed by atoms with Gasteiger partial charge in [-0.15, -0.1) is 11.3 Å². The normalized spacial score (nSPS) is 18.1. The van der Waals surface area contributed by atoms with Crippen LogP contribution in [0.1, 0.15) is 122 Å². The molecule has 5 heterocycles. The van der Waals surface area contributed by atoms with Crippen LogP contribution in [0.25, 0.3) is 21.6 Å². The number of anilines is 1. The van der Waals surface area contributed by atoms with Crippen LogP contribution in [0.2, 0.25) is 0 Å². The topological polar surface area (TPSA) is 202 Å². The summed E-state index contributed by atoms with van der Waals surface area (Å²) < 4.78 is 11.5. The second-order valence-corrected chi connectivity index (χ2v) is 24.2. The van der Waals surface area contributed by atoms with Crippen molar-refractivity contribution in [2.24, 2.45) is 5.41 Å². The molecule has 3 aliphatic rings. The zero-order valence-corrected chi connectivity index (χ0v) is 49.8. The molecule has 3 aliphatic heterocycles. The summed E-state index contributed by atoms with van der Waals surface area (Å²) in [5.74, 6) is -1.39. The van der Waals surface area contributed by atoms with Gasteiger partial charge in [0.05, 0.1) is 28.2 Å². The number of likely N-dealkylation sites (tertiary alicyclic amines) is 1. The van der Waals surface area contributed by atoms with Gasteiger partial charge in [-0.3, -0.25) is 28.9 Å². The fourth-order valence-electron chi connectivity index (χ4n) is 11.5. The van der Waals surface area contributed by atoms with Crippen LogP contribution in [0.5, 0.6) is 0 Å². The van der Waals surface area contributed by atoms with E-state index in [1.165, 1.54) is 10.5 Å². The highest BCUT2D eigenvalue weighted by atomic mass is 32.1. The Morgan fingerprint density at radius 3 is 2.25 bits per heavy atom. The van der Waals surface area contributed by atoms with Gasteiger partial charge in [0.2, 0.25) is 17.7 Å². The number of aryl methyl sites for hydroxylation is 3. The molecule has 0 aliphatic carbocycles. The molecule has 2 aromatic heterocycles. The first kappa shape index (κ1) is 60.8. The summed E-state index contributed by atoms with van der Waals surface area (Å²) in [5.41, 5.74) is 11.8. The number of piperazine rings is 1. The highest BCUT2D eigenvalue weighted by molar-refractivity contribution is 7.13. The number of carbonyl (C=O) groups excluding carboxylic acids is 4. The smallest absolute Gasteiger partial charge is 0.253 e. The van der Waals surface area contributed by atoms with Crippen LogP contribution >= 0.6 is 11.3 Å². The molecule has 0 saturated carbocycles. The molecule has 3 aromatic carbocycles. The zero-order chi connectivity index (χ0) is 58.0. The first-order valence-electron chi connectivity index (χ1n) is 28.9. The number of pyridine rings is 1. The summed E-state index contributed by atoms with van der Waals surface area (Å²) in [6, 6.07) is 20.9. The molecule has 0 spiro atoms. The molecule has 4 atom stereocenters. The molecule has 18 heteroatoms. The maximum Gasteiger partial charge on any atom is 0.253 e. The zero-order valence-electron chi connectivity index (χ0n) is 49.0. The predicted molar refractivity (Wildman–Crippen MR) is 319 cm³/mol. The number of unbranched alkanes of at least 4 members (excludes halogenated alkanes) is 1. The third-order valence-corrected chi connectivity index (χ3v) is 17.3. The summed E-state index contributed by atoms with van der Waals surface area (Å²) in [6.07, 6.45) is 2.79. The number of β-amino-alcohol motifs (C(OH)–C–C–N with tert-alkyl or cyclic N) is 1. The summed E-state index contributed by atoms with van der Waals surface area (Å²) in [4.78, 5) is 85.2. The van der Waals surface area contributed by atoms with Crippen molar-refractivity contribution >= 4 is 40.7 Å². The lowest BCUT2D eigenvalue weighted by atomic mass is 9.85. The number of hydrogen-bond acceptors (Lipinski definition) is 13. The second-order valence-electron chi connectivity index (χ2n) is 23.4. The molecule has 0 bridgehead atoms. The number of aliphatic hydroxyl groups excluding tert-OH is 1. The lowest BCUT2D eigenvalue weighted by molar-refractivity contribution is -0.144. The van der Waals surface area contributed by atoms with E-state index in [4.69, 9.17) is 9.47 Å². The molecule has 4 amide bonds. The molecule has 0 unspecified atom stereocenters. The van der Waals surface area contributed by atoms with Gasteiger partial charge < -0.3 is 50.2 Å². The van der Waals surface area contributed by atoms with E-state index in [0.29, 0.717) is 37.0 Å². The first-order chi connectivity index (χ1) is 38.8. The third kappa shape index (κ3) is 15.6.